The third-order valence-corrected chi connectivity index (χ3v) is 3.31. The van der Waals surface area contributed by atoms with E-state index >= 15 is 0 Å². The van der Waals surface area contributed by atoms with Gasteiger partial charge in [0.25, 0.3) is 5.56 Å². The lowest BCUT2D eigenvalue weighted by Crippen LogP contribution is -2.39. The number of nitrogens with zero attached hydrogens (tertiary/aromatic N) is 4. The molecule has 0 aromatic carbocycles. The smallest absolute Gasteiger partial charge is 0.332 e. The van der Waals surface area contributed by atoms with Crippen molar-refractivity contribution >= 4 is 11.2 Å². The number of aliphatic hydroxyl groups is 1. The Morgan fingerprint density at radius 2 is 2.10 bits per heavy atom. The highest BCUT2D eigenvalue weighted by molar-refractivity contribution is 5.70. The van der Waals surface area contributed by atoms with E-state index in [9.17, 15) is 14.7 Å². The molecule has 0 saturated heterocycles. The second-order valence-corrected chi connectivity index (χ2v) is 4.95. The monoisotopic (exact) mass is 299 g/mol. The van der Waals surface area contributed by atoms with Crippen molar-refractivity contribution in [2.24, 2.45) is 14.0 Å². The standard InChI is InChI=1S/C14H22N4O3/c1-9(19)7-5-6-8-18-13(20)11-12(17(4)14(18)21)15-10(2)16(11)3/h9,19H,5-8H2,1-4H3/t9-/m1/s1/i3D3,7D2. The molecule has 7 heteroatoms. The van der Waals surface area contributed by atoms with Crippen LogP contribution in [0.4, 0.5) is 0 Å². The Morgan fingerprint density at radius 1 is 1.38 bits per heavy atom. The number of hydrogen-bond donors (Lipinski definition) is 1. The first-order chi connectivity index (χ1) is 11.8. The van der Waals surface area contributed by atoms with Crippen LogP contribution in [0.15, 0.2) is 9.59 Å². The van der Waals surface area contributed by atoms with Crippen LogP contribution in [0.25, 0.3) is 11.2 Å². The molecule has 2 aromatic rings. The Bertz CT molecular complexity index is 939. The van der Waals surface area contributed by atoms with Crippen LogP contribution in [-0.2, 0) is 20.6 Å². The molecule has 0 fully saturated rings. The van der Waals surface area contributed by atoms with Gasteiger partial charge in [0, 0.05) is 27.4 Å². The van der Waals surface area contributed by atoms with Crippen LogP contribution in [0.5, 0.6) is 0 Å². The number of imidazole rings is 1. The van der Waals surface area contributed by atoms with Crippen molar-refractivity contribution in [2.75, 3.05) is 0 Å². The minimum Gasteiger partial charge on any atom is -0.393 e. The number of rotatable bonds is 5. The summed E-state index contributed by atoms with van der Waals surface area (Å²) in [5.74, 6) is 0.0929. The summed E-state index contributed by atoms with van der Waals surface area (Å²) >= 11 is 0. The van der Waals surface area contributed by atoms with Crippen molar-refractivity contribution in [3.63, 3.8) is 0 Å². The molecular formula is C14H22N4O3. The molecule has 0 radical (unpaired) electrons. The highest BCUT2D eigenvalue weighted by Gasteiger charge is 2.16. The zero-order valence-electron chi connectivity index (χ0n) is 17.3. The normalized spacial score (nSPS) is 17.8. The van der Waals surface area contributed by atoms with Gasteiger partial charge in [0.05, 0.1) is 6.10 Å². The SMILES string of the molecule is [2H]C([2H])(CCCn1c(=O)c2c(nc(C)n2C([2H])([2H])[2H])n(C)c1=O)[C@@H](C)O. The topological polar surface area (TPSA) is 82.0 Å². The second kappa shape index (κ2) is 5.85. The average Bonchev–Trinajstić information content (AvgIpc) is 2.86. The van der Waals surface area contributed by atoms with Gasteiger partial charge in [-0.1, -0.05) is 0 Å². The molecule has 1 atom stereocenters. The number of hydrogen-bond acceptors (Lipinski definition) is 4. The third kappa shape index (κ3) is 2.78. The average molecular weight is 299 g/mol. The minimum absolute atomic E-state index is 0.0100. The Kier molecular flexibility index (Phi) is 2.77. The fourth-order valence-electron chi connectivity index (χ4n) is 2.17. The minimum atomic E-state index is -2.63. The van der Waals surface area contributed by atoms with Gasteiger partial charge in [0.2, 0.25) is 0 Å². The van der Waals surface area contributed by atoms with Crippen LogP contribution >= 0.6 is 0 Å². The predicted octanol–water partition coefficient (Wildman–Crippen LogP) is 0.293. The Hall–Kier alpha value is -1.89. The summed E-state index contributed by atoms with van der Waals surface area (Å²) in [6.45, 7) is 0.0443. The van der Waals surface area contributed by atoms with Gasteiger partial charge in [-0.3, -0.25) is 13.9 Å². The molecule has 7 nitrogen and oxygen atoms in total. The molecular weight excluding hydrogens is 272 g/mol. The first kappa shape index (κ1) is 9.94. The zero-order chi connectivity index (χ0) is 20.0. The van der Waals surface area contributed by atoms with E-state index in [1.54, 1.807) is 0 Å². The van der Waals surface area contributed by atoms with Crippen LogP contribution in [-0.4, -0.2) is 29.9 Å². The van der Waals surface area contributed by atoms with Crippen molar-refractivity contribution in [1.82, 2.24) is 18.7 Å². The summed E-state index contributed by atoms with van der Waals surface area (Å²) in [6, 6.07) is 0. The highest BCUT2D eigenvalue weighted by Crippen LogP contribution is 2.08. The molecule has 116 valence electrons. The molecule has 1 N–H and O–H groups in total. The van der Waals surface area contributed by atoms with Crippen molar-refractivity contribution in [3.05, 3.63) is 26.7 Å². The van der Waals surface area contributed by atoms with Gasteiger partial charge in [-0.05, 0) is 33.1 Å². The molecule has 0 unspecified atom stereocenters. The van der Waals surface area contributed by atoms with E-state index in [1.807, 2.05) is 0 Å². The second-order valence-electron chi connectivity index (χ2n) is 4.95. The number of aryl methyl sites for hydroxylation is 3. The van der Waals surface area contributed by atoms with E-state index in [4.69, 9.17) is 6.85 Å². The van der Waals surface area contributed by atoms with E-state index < -0.39 is 30.7 Å². The Morgan fingerprint density at radius 3 is 2.71 bits per heavy atom. The third-order valence-electron chi connectivity index (χ3n) is 3.31. The van der Waals surface area contributed by atoms with Gasteiger partial charge in [0.15, 0.2) is 11.2 Å². The molecule has 0 saturated carbocycles. The number of aromatic nitrogens is 4. The molecule has 0 bridgehead atoms. The molecule has 2 heterocycles. The first-order valence-electron chi connectivity index (χ1n) is 9.16. The molecule has 0 amide bonds. The molecule has 0 aliphatic heterocycles. The Labute approximate surface area is 129 Å². The van der Waals surface area contributed by atoms with Crippen LogP contribution in [0.3, 0.4) is 0 Å². The van der Waals surface area contributed by atoms with E-state index in [0.29, 0.717) is 0 Å². The summed E-state index contributed by atoms with van der Waals surface area (Å²) in [5, 5.41) is 9.42. The van der Waals surface area contributed by atoms with Gasteiger partial charge in [-0.25, -0.2) is 9.78 Å². The van der Waals surface area contributed by atoms with E-state index in [1.165, 1.54) is 20.9 Å². The maximum Gasteiger partial charge on any atom is 0.332 e. The zero-order valence-corrected chi connectivity index (χ0v) is 12.3. The molecule has 0 aliphatic carbocycles. The maximum atomic E-state index is 12.8. The van der Waals surface area contributed by atoms with Crippen LogP contribution in [0, 0.1) is 6.92 Å². The van der Waals surface area contributed by atoms with Crippen LogP contribution < -0.4 is 11.2 Å². The summed E-state index contributed by atoms with van der Waals surface area (Å²) in [5.41, 5.74) is -1.64. The summed E-state index contributed by atoms with van der Waals surface area (Å²) in [6.07, 6.45) is -2.98. The molecule has 0 aliphatic rings. The van der Waals surface area contributed by atoms with Crippen molar-refractivity contribution in [2.45, 2.75) is 45.7 Å². The lowest BCUT2D eigenvalue weighted by molar-refractivity contribution is 0.180. The van der Waals surface area contributed by atoms with Crippen LogP contribution in [0.2, 0.25) is 0 Å². The van der Waals surface area contributed by atoms with Crippen molar-refractivity contribution in [3.8, 4) is 0 Å². The van der Waals surface area contributed by atoms with Gasteiger partial charge < -0.3 is 9.67 Å². The fraction of sp³-hybridized carbons (Fsp3) is 0.643. The van der Waals surface area contributed by atoms with Crippen molar-refractivity contribution < 1.29 is 12.0 Å². The van der Waals surface area contributed by atoms with Crippen LogP contribution in [0.1, 0.15) is 38.8 Å². The maximum absolute atomic E-state index is 12.8. The van der Waals surface area contributed by atoms with Crippen molar-refractivity contribution in [1.29, 1.82) is 0 Å². The van der Waals surface area contributed by atoms with Gasteiger partial charge in [-0.15, -0.1) is 0 Å². The molecule has 0 spiro atoms. The summed E-state index contributed by atoms with van der Waals surface area (Å²) in [7, 11) is 1.39. The van der Waals surface area contributed by atoms with Gasteiger partial charge in [-0.2, -0.15) is 0 Å². The predicted molar refractivity (Wildman–Crippen MR) is 80.5 cm³/mol. The fourth-order valence-corrected chi connectivity index (χ4v) is 2.17. The Balaban J connectivity index is 2.55. The molecule has 2 rings (SSSR count). The van der Waals surface area contributed by atoms with E-state index in [-0.39, 0.29) is 36.4 Å². The van der Waals surface area contributed by atoms with E-state index in [0.717, 1.165) is 13.7 Å². The lowest BCUT2D eigenvalue weighted by atomic mass is 10.2. The largest absolute Gasteiger partial charge is 0.393 e. The molecule has 21 heavy (non-hydrogen) atoms. The van der Waals surface area contributed by atoms with E-state index in [2.05, 4.69) is 4.98 Å². The summed E-state index contributed by atoms with van der Waals surface area (Å²) < 4.78 is 41.1. The lowest BCUT2D eigenvalue weighted by Gasteiger charge is -2.09. The number of aliphatic hydroxyl groups excluding tert-OH is 1. The molecule has 2 aromatic heterocycles. The first-order valence-corrected chi connectivity index (χ1v) is 6.66. The highest BCUT2D eigenvalue weighted by atomic mass is 16.3. The van der Waals surface area contributed by atoms with Gasteiger partial charge in [0.1, 0.15) is 5.82 Å². The quantitative estimate of drug-likeness (QED) is 0.860. The van der Waals surface area contributed by atoms with Gasteiger partial charge >= 0.3 is 5.69 Å². The summed E-state index contributed by atoms with van der Waals surface area (Å²) in [4.78, 5) is 29.3. The number of fused-ring (bicyclic) bond motifs is 1.